The molecule has 3 aromatic rings. The second-order valence-corrected chi connectivity index (χ2v) is 5.36. The van der Waals surface area contributed by atoms with Crippen molar-refractivity contribution in [1.82, 2.24) is 20.0 Å². The topological polar surface area (TPSA) is 83.0 Å². The summed E-state index contributed by atoms with van der Waals surface area (Å²) >= 11 is 1.35. The Balaban J connectivity index is 1.77. The molecule has 20 heavy (non-hydrogen) atoms. The molecule has 0 saturated heterocycles. The summed E-state index contributed by atoms with van der Waals surface area (Å²) in [7, 11) is 1.85. The molecule has 0 N–H and O–H groups in total. The predicted molar refractivity (Wildman–Crippen MR) is 71.5 cm³/mol. The molecule has 3 heterocycles. The van der Waals surface area contributed by atoms with Gasteiger partial charge >= 0.3 is 5.97 Å². The van der Waals surface area contributed by atoms with Crippen LogP contribution in [0.25, 0.3) is 10.2 Å². The Morgan fingerprint density at radius 3 is 2.90 bits per heavy atom. The first-order valence-electron chi connectivity index (χ1n) is 5.94. The van der Waals surface area contributed by atoms with E-state index in [1.165, 1.54) is 11.3 Å². The maximum Gasteiger partial charge on any atom is 0.348 e. The van der Waals surface area contributed by atoms with Crippen LogP contribution in [0.5, 0.6) is 0 Å². The summed E-state index contributed by atoms with van der Waals surface area (Å²) in [4.78, 5) is 13.5. The third kappa shape index (κ3) is 2.18. The molecular formula is C12H12N4O3S. The lowest BCUT2D eigenvalue weighted by molar-refractivity contribution is 0.0443. The molecule has 0 aliphatic rings. The van der Waals surface area contributed by atoms with Crippen molar-refractivity contribution in [2.75, 3.05) is 0 Å². The number of nitrogens with zero attached hydrogens (tertiary/aromatic N) is 4. The number of ether oxygens (including phenoxy) is 1. The van der Waals surface area contributed by atoms with Crippen molar-refractivity contribution in [3.8, 4) is 0 Å². The minimum Gasteiger partial charge on any atom is -0.451 e. The van der Waals surface area contributed by atoms with Crippen LogP contribution in [0.4, 0.5) is 0 Å². The SMILES string of the molecule is Cc1nnc(COC(=O)c2cc3c(C)nn(C)c3s2)o1. The molecule has 0 atom stereocenters. The number of esters is 1. The Kier molecular flexibility index (Phi) is 3.01. The van der Waals surface area contributed by atoms with Crippen LogP contribution in [0, 0.1) is 13.8 Å². The van der Waals surface area contributed by atoms with Crippen LogP contribution in [0.1, 0.15) is 27.1 Å². The summed E-state index contributed by atoms with van der Waals surface area (Å²) in [6.45, 7) is 3.57. The molecule has 0 aliphatic carbocycles. The number of fused-ring (bicyclic) bond motifs is 1. The Morgan fingerprint density at radius 1 is 1.45 bits per heavy atom. The van der Waals surface area contributed by atoms with Gasteiger partial charge in [0, 0.05) is 19.4 Å². The number of carbonyl (C=O) groups is 1. The van der Waals surface area contributed by atoms with Gasteiger partial charge in [0.1, 0.15) is 9.71 Å². The number of aryl methyl sites for hydroxylation is 3. The van der Waals surface area contributed by atoms with Gasteiger partial charge in [0.2, 0.25) is 5.89 Å². The number of hydrogen-bond donors (Lipinski definition) is 0. The van der Waals surface area contributed by atoms with Crippen molar-refractivity contribution in [3.05, 3.63) is 28.4 Å². The molecule has 0 unspecified atom stereocenters. The molecule has 3 rings (SSSR count). The molecule has 7 nitrogen and oxygen atoms in total. The van der Waals surface area contributed by atoms with E-state index in [9.17, 15) is 4.79 Å². The second kappa shape index (κ2) is 4.71. The number of thiophene rings is 1. The zero-order valence-electron chi connectivity index (χ0n) is 11.2. The smallest absolute Gasteiger partial charge is 0.348 e. The van der Waals surface area contributed by atoms with Crippen LogP contribution in [0.3, 0.4) is 0 Å². The van der Waals surface area contributed by atoms with Gasteiger partial charge in [-0.1, -0.05) is 0 Å². The van der Waals surface area contributed by atoms with Crippen molar-refractivity contribution in [1.29, 1.82) is 0 Å². The highest BCUT2D eigenvalue weighted by Crippen LogP contribution is 2.28. The number of rotatable bonds is 3. The van der Waals surface area contributed by atoms with Crippen molar-refractivity contribution < 1.29 is 13.9 Å². The standard InChI is InChI=1S/C12H12N4O3S/c1-6-8-4-9(20-11(8)16(3)15-6)12(17)18-5-10-14-13-7(2)19-10/h4H,5H2,1-3H3. The zero-order chi connectivity index (χ0) is 14.3. The Bertz CT molecular complexity index is 751. The Morgan fingerprint density at radius 2 is 2.25 bits per heavy atom. The van der Waals surface area contributed by atoms with E-state index in [1.54, 1.807) is 17.7 Å². The summed E-state index contributed by atoms with van der Waals surface area (Å²) in [5.74, 6) is 0.330. The van der Waals surface area contributed by atoms with Gasteiger partial charge in [0.25, 0.3) is 5.89 Å². The first-order valence-corrected chi connectivity index (χ1v) is 6.75. The predicted octanol–water partition coefficient (Wildman–Crippen LogP) is 1.99. The van der Waals surface area contributed by atoms with E-state index in [-0.39, 0.29) is 12.5 Å². The Hall–Kier alpha value is -2.22. The van der Waals surface area contributed by atoms with Crippen LogP contribution in [-0.4, -0.2) is 25.9 Å². The molecule has 8 heteroatoms. The first-order chi connectivity index (χ1) is 9.54. The molecule has 0 spiro atoms. The van der Waals surface area contributed by atoms with Crippen LogP contribution < -0.4 is 0 Å². The van der Waals surface area contributed by atoms with Gasteiger partial charge in [-0.15, -0.1) is 21.5 Å². The average Bonchev–Trinajstić information content (AvgIpc) is 3.06. The molecule has 104 valence electrons. The van der Waals surface area contributed by atoms with Gasteiger partial charge in [-0.2, -0.15) is 5.10 Å². The van der Waals surface area contributed by atoms with E-state index in [4.69, 9.17) is 9.15 Å². The lowest BCUT2D eigenvalue weighted by atomic mass is 10.3. The van der Waals surface area contributed by atoms with E-state index in [1.807, 2.05) is 14.0 Å². The van der Waals surface area contributed by atoms with Crippen LogP contribution >= 0.6 is 11.3 Å². The van der Waals surface area contributed by atoms with Crippen LogP contribution in [0.2, 0.25) is 0 Å². The highest BCUT2D eigenvalue weighted by molar-refractivity contribution is 7.20. The normalized spacial score (nSPS) is 11.2. The molecule has 0 radical (unpaired) electrons. The van der Waals surface area contributed by atoms with E-state index in [0.717, 1.165) is 15.9 Å². The highest BCUT2D eigenvalue weighted by atomic mass is 32.1. The van der Waals surface area contributed by atoms with E-state index in [0.29, 0.717) is 10.8 Å². The van der Waals surface area contributed by atoms with Gasteiger partial charge < -0.3 is 9.15 Å². The first kappa shape index (κ1) is 12.8. The molecule has 0 fully saturated rings. The van der Waals surface area contributed by atoms with E-state index < -0.39 is 5.97 Å². The number of aromatic nitrogens is 4. The minimum absolute atomic E-state index is 0.0227. The molecule has 0 aromatic carbocycles. The lowest BCUT2D eigenvalue weighted by Crippen LogP contribution is -2.03. The molecule has 3 aromatic heterocycles. The molecule has 0 bridgehead atoms. The fraction of sp³-hybridized carbons (Fsp3) is 0.333. The van der Waals surface area contributed by atoms with Gasteiger partial charge in [-0.05, 0) is 13.0 Å². The maximum atomic E-state index is 12.0. The summed E-state index contributed by atoms with van der Waals surface area (Å²) in [6.07, 6.45) is 0. The Labute approximate surface area is 118 Å². The number of hydrogen-bond acceptors (Lipinski definition) is 7. The van der Waals surface area contributed by atoms with Gasteiger partial charge in [-0.25, -0.2) is 4.79 Å². The number of carbonyl (C=O) groups excluding carboxylic acids is 1. The second-order valence-electron chi connectivity index (χ2n) is 4.33. The third-order valence-corrected chi connectivity index (χ3v) is 3.97. The fourth-order valence-electron chi connectivity index (χ4n) is 1.90. The third-order valence-electron chi connectivity index (χ3n) is 2.79. The summed E-state index contributed by atoms with van der Waals surface area (Å²) in [5, 5.41) is 12.7. The van der Waals surface area contributed by atoms with Crippen molar-refractivity contribution >= 4 is 27.5 Å². The van der Waals surface area contributed by atoms with Crippen LogP contribution in [0.15, 0.2) is 10.5 Å². The minimum atomic E-state index is -0.401. The summed E-state index contributed by atoms with van der Waals surface area (Å²) in [5.41, 5.74) is 0.894. The van der Waals surface area contributed by atoms with Gasteiger partial charge in [0.05, 0.1) is 5.69 Å². The maximum absolute atomic E-state index is 12.0. The quantitative estimate of drug-likeness (QED) is 0.686. The van der Waals surface area contributed by atoms with Crippen molar-refractivity contribution in [2.24, 2.45) is 7.05 Å². The van der Waals surface area contributed by atoms with Crippen molar-refractivity contribution in [2.45, 2.75) is 20.5 Å². The van der Waals surface area contributed by atoms with Crippen LogP contribution in [-0.2, 0) is 18.4 Å². The molecular weight excluding hydrogens is 280 g/mol. The largest absolute Gasteiger partial charge is 0.451 e. The summed E-state index contributed by atoms with van der Waals surface area (Å²) in [6, 6.07) is 1.80. The monoisotopic (exact) mass is 292 g/mol. The average molecular weight is 292 g/mol. The van der Waals surface area contributed by atoms with Gasteiger partial charge in [-0.3, -0.25) is 4.68 Å². The van der Waals surface area contributed by atoms with Gasteiger partial charge in [0.15, 0.2) is 6.61 Å². The molecule has 0 aliphatic heterocycles. The fourth-order valence-corrected chi connectivity index (χ4v) is 2.92. The zero-order valence-corrected chi connectivity index (χ0v) is 12.0. The molecule has 0 saturated carbocycles. The van der Waals surface area contributed by atoms with E-state index in [2.05, 4.69) is 15.3 Å². The lowest BCUT2D eigenvalue weighted by Gasteiger charge is -1.98. The highest BCUT2D eigenvalue weighted by Gasteiger charge is 2.17. The molecule has 0 amide bonds. The summed E-state index contributed by atoms with van der Waals surface area (Å²) < 4.78 is 12.1. The van der Waals surface area contributed by atoms with Crippen molar-refractivity contribution in [3.63, 3.8) is 0 Å². The van der Waals surface area contributed by atoms with E-state index >= 15 is 0 Å².